The van der Waals surface area contributed by atoms with Crippen LogP contribution in [0.1, 0.15) is 22.3 Å². The second kappa shape index (κ2) is 4.28. The van der Waals surface area contributed by atoms with Gasteiger partial charge in [-0.2, -0.15) is 0 Å². The highest BCUT2D eigenvalue weighted by atomic mass is 16.6. The van der Waals surface area contributed by atoms with E-state index in [2.05, 4.69) is 9.98 Å². The second-order valence-corrected chi connectivity index (χ2v) is 4.45. The molecule has 0 aliphatic carbocycles. The number of aliphatic imine (C=N–C) groups is 1. The van der Waals surface area contributed by atoms with E-state index in [4.69, 9.17) is 0 Å². The fraction of sp³-hybridized carbons (Fsp3) is 0.143. The number of nitro groups is 1. The molecule has 1 aromatic heterocycles. The lowest BCUT2D eigenvalue weighted by molar-refractivity contribution is -0.385. The van der Waals surface area contributed by atoms with Crippen molar-refractivity contribution in [1.29, 1.82) is 0 Å². The summed E-state index contributed by atoms with van der Waals surface area (Å²) in [5.74, 6) is 0. The summed E-state index contributed by atoms with van der Waals surface area (Å²) in [5, 5.41) is 10.9. The van der Waals surface area contributed by atoms with Gasteiger partial charge in [-0.15, -0.1) is 0 Å². The minimum Gasteiger partial charge on any atom is -0.279 e. The van der Waals surface area contributed by atoms with Crippen LogP contribution in [0.25, 0.3) is 0 Å². The molecule has 0 unspecified atom stereocenters. The van der Waals surface area contributed by atoms with Gasteiger partial charge in [0, 0.05) is 35.2 Å². The van der Waals surface area contributed by atoms with E-state index in [0.717, 1.165) is 22.4 Å². The first-order chi connectivity index (χ1) is 9.16. The number of aryl methyl sites for hydroxylation is 1. The molecule has 0 saturated carbocycles. The molecule has 0 bridgehead atoms. The quantitative estimate of drug-likeness (QED) is 0.610. The normalized spacial score (nSPS) is 13.0. The fourth-order valence-electron chi connectivity index (χ4n) is 2.29. The van der Waals surface area contributed by atoms with Crippen LogP contribution in [0.2, 0.25) is 0 Å². The molecule has 0 saturated heterocycles. The van der Waals surface area contributed by atoms with Crippen LogP contribution in [-0.4, -0.2) is 15.6 Å². The topological polar surface area (TPSA) is 68.4 Å². The summed E-state index contributed by atoms with van der Waals surface area (Å²) < 4.78 is 0. The average molecular weight is 253 g/mol. The number of nitro benzene ring substituents is 1. The predicted molar refractivity (Wildman–Crippen MR) is 71.4 cm³/mol. The highest BCUT2D eigenvalue weighted by molar-refractivity contribution is 6.15. The molecule has 0 atom stereocenters. The summed E-state index contributed by atoms with van der Waals surface area (Å²) in [6, 6.07) is 7.26. The number of hydrogen-bond donors (Lipinski definition) is 0. The zero-order valence-electron chi connectivity index (χ0n) is 10.3. The van der Waals surface area contributed by atoms with E-state index in [9.17, 15) is 10.1 Å². The summed E-state index contributed by atoms with van der Waals surface area (Å²) in [7, 11) is 0. The third-order valence-corrected chi connectivity index (χ3v) is 3.23. The Kier molecular flexibility index (Phi) is 2.59. The van der Waals surface area contributed by atoms with E-state index in [1.54, 1.807) is 25.4 Å². The van der Waals surface area contributed by atoms with E-state index in [0.29, 0.717) is 12.1 Å². The van der Waals surface area contributed by atoms with Crippen molar-refractivity contribution < 1.29 is 4.92 Å². The molecule has 0 N–H and O–H groups in total. The molecule has 2 aromatic rings. The van der Waals surface area contributed by atoms with Crippen molar-refractivity contribution in [2.75, 3.05) is 0 Å². The smallest absolute Gasteiger partial charge is 0.272 e. The molecule has 0 radical (unpaired) electrons. The van der Waals surface area contributed by atoms with E-state index >= 15 is 0 Å². The molecule has 3 rings (SSSR count). The van der Waals surface area contributed by atoms with Gasteiger partial charge in [-0.1, -0.05) is 0 Å². The van der Waals surface area contributed by atoms with Gasteiger partial charge in [-0.05, 0) is 30.7 Å². The fourth-order valence-corrected chi connectivity index (χ4v) is 2.29. The van der Waals surface area contributed by atoms with Crippen LogP contribution in [0.5, 0.6) is 0 Å². The van der Waals surface area contributed by atoms with Crippen LogP contribution in [0.4, 0.5) is 5.69 Å². The molecule has 1 aliphatic heterocycles. The molecule has 1 aromatic carbocycles. The molecular formula is C14H11N3O2. The van der Waals surface area contributed by atoms with Gasteiger partial charge in [-0.3, -0.25) is 20.1 Å². The minimum absolute atomic E-state index is 0.157. The van der Waals surface area contributed by atoms with Crippen LogP contribution in [0.15, 0.2) is 41.7 Å². The maximum absolute atomic E-state index is 10.9. The van der Waals surface area contributed by atoms with Crippen LogP contribution in [0.3, 0.4) is 0 Å². The van der Waals surface area contributed by atoms with Gasteiger partial charge in [0.2, 0.25) is 0 Å². The summed E-state index contributed by atoms with van der Waals surface area (Å²) in [5.41, 5.74) is 4.58. The molecule has 0 amide bonds. The van der Waals surface area contributed by atoms with Gasteiger partial charge in [0.05, 0.1) is 17.2 Å². The van der Waals surface area contributed by atoms with Crippen LogP contribution >= 0.6 is 0 Å². The van der Waals surface area contributed by atoms with Gasteiger partial charge >= 0.3 is 0 Å². The zero-order valence-corrected chi connectivity index (χ0v) is 10.3. The van der Waals surface area contributed by atoms with Crippen LogP contribution in [-0.2, 0) is 6.54 Å². The zero-order chi connectivity index (χ0) is 13.4. The first kappa shape index (κ1) is 11.5. The molecule has 0 spiro atoms. The van der Waals surface area contributed by atoms with Gasteiger partial charge in [0.1, 0.15) is 0 Å². The third-order valence-electron chi connectivity index (χ3n) is 3.23. The monoisotopic (exact) mass is 253 g/mol. The Balaban J connectivity index is 2.10. The number of hydrogen-bond acceptors (Lipinski definition) is 4. The lowest BCUT2D eigenvalue weighted by Gasteiger charge is -2.05. The van der Waals surface area contributed by atoms with Crippen molar-refractivity contribution in [2.24, 2.45) is 4.99 Å². The highest BCUT2D eigenvalue weighted by Gasteiger charge is 2.22. The summed E-state index contributed by atoms with van der Waals surface area (Å²) >= 11 is 0. The van der Waals surface area contributed by atoms with E-state index in [-0.39, 0.29) is 10.6 Å². The lowest BCUT2D eigenvalue weighted by atomic mass is 9.98. The SMILES string of the molecule is Cc1cc2c(cc1[N+](=O)[O-])CN=C2c1ccncc1. The van der Waals surface area contributed by atoms with Crippen molar-refractivity contribution >= 4 is 11.4 Å². The largest absolute Gasteiger partial charge is 0.279 e. The molecule has 19 heavy (non-hydrogen) atoms. The lowest BCUT2D eigenvalue weighted by Crippen LogP contribution is -2.03. The Bertz CT molecular complexity index is 693. The second-order valence-electron chi connectivity index (χ2n) is 4.45. The Labute approximate surface area is 109 Å². The highest BCUT2D eigenvalue weighted by Crippen LogP contribution is 2.29. The number of pyridine rings is 1. The molecule has 1 aliphatic rings. The minimum atomic E-state index is -0.347. The summed E-state index contributed by atoms with van der Waals surface area (Å²) in [4.78, 5) is 19.1. The number of aromatic nitrogens is 1. The molecule has 94 valence electrons. The Hall–Kier alpha value is -2.56. The number of fused-ring (bicyclic) bond motifs is 1. The maximum atomic E-state index is 10.9. The van der Waals surface area contributed by atoms with Crippen molar-refractivity contribution in [1.82, 2.24) is 4.98 Å². The van der Waals surface area contributed by atoms with Gasteiger partial charge in [0.25, 0.3) is 5.69 Å². The van der Waals surface area contributed by atoms with E-state index in [1.807, 2.05) is 18.2 Å². The molecule has 5 heteroatoms. The summed E-state index contributed by atoms with van der Waals surface area (Å²) in [6.45, 7) is 2.25. The maximum Gasteiger partial charge on any atom is 0.272 e. The van der Waals surface area contributed by atoms with Crippen LogP contribution < -0.4 is 0 Å². The Morgan fingerprint density at radius 2 is 2.00 bits per heavy atom. The average Bonchev–Trinajstić information content (AvgIpc) is 2.81. The first-order valence-corrected chi connectivity index (χ1v) is 5.90. The van der Waals surface area contributed by atoms with E-state index < -0.39 is 0 Å². The summed E-state index contributed by atoms with van der Waals surface area (Å²) in [6.07, 6.45) is 3.43. The standard InChI is InChI=1S/C14H11N3O2/c1-9-6-12-11(7-13(9)17(18)19)8-16-14(12)10-2-4-15-5-3-10/h2-7H,8H2,1H3. The number of benzene rings is 1. The first-order valence-electron chi connectivity index (χ1n) is 5.90. The van der Waals surface area contributed by atoms with Crippen molar-refractivity contribution in [3.63, 3.8) is 0 Å². The third kappa shape index (κ3) is 1.89. The predicted octanol–water partition coefficient (Wildman–Crippen LogP) is 2.65. The Morgan fingerprint density at radius 3 is 2.68 bits per heavy atom. The molecule has 2 heterocycles. The molecule has 0 fully saturated rings. The number of rotatable bonds is 2. The van der Waals surface area contributed by atoms with Gasteiger partial charge < -0.3 is 0 Å². The Morgan fingerprint density at radius 1 is 1.26 bits per heavy atom. The number of nitrogens with zero attached hydrogens (tertiary/aromatic N) is 3. The van der Waals surface area contributed by atoms with E-state index in [1.165, 1.54) is 0 Å². The van der Waals surface area contributed by atoms with Gasteiger partial charge in [-0.25, -0.2) is 0 Å². The van der Waals surface area contributed by atoms with Crippen molar-refractivity contribution in [3.8, 4) is 0 Å². The van der Waals surface area contributed by atoms with Crippen molar-refractivity contribution in [2.45, 2.75) is 13.5 Å². The molecule has 5 nitrogen and oxygen atoms in total. The van der Waals surface area contributed by atoms with Crippen LogP contribution in [0, 0.1) is 17.0 Å². The van der Waals surface area contributed by atoms with Crippen molar-refractivity contribution in [3.05, 3.63) is 69.0 Å². The van der Waals surface area contributed by atoms with Gasteiger partial charge in [0.15, 0.2) is 0 Å². The molecular weight excluding hydrogens is 242 g/mol.